The summed E-state index contributed by atoms with van der Waals surface area (Å²) in [5.41, 5.74) is 3.92. The molecule has 0 fully saturated rings. The number of carbonyl (C=O) groups excluding carboxylic acids is 2. The number of allylic oxidation sites excluding steroid dienone is 2. The van der Waals surface area contributed by atoms with Crippen LogP contribution in [0.4, 0.5) is 0 Å². The van der Waals surface area contributed by atoms with Gasteiger partial charge in [0.05, 0.1) is 35.5 Å². The third kappa shape index (κ3) is 11.5. The third-order valence-corrected chi connectivity index (χ3v) is 9.30. The van der Waals surface area contributed by atoms with Gasteiger partial charge < -0.3 is 18.9 Å². The van der Waals surface area contributed by atoms with Crippen molar-refractivity contribution in [1.82, 2.24) is 0 Å². The Morgan fingerprint density at radius 1 is 0.538 bits per heavy atom. The van der Waals surface area contributed by atoms with E-state index in [1.54, 1.807) is 24.3 Å². The Morgan fingerprint density at radius 2 is 0.846 bits per heavy atom. The van der Waals surface area contributed by atoms with Crippen molar-refractivity contribution in [2.24, 2.45) is 11.8 Å². The van der Waals surface area contributed by atoms with Crippen molar-refractivity contribution in [3.8, 4) is 0 Å². The van der Waals surface area contributed by atoms with E-state index in [0.717, 1.165) is 16.7 Å². The van der Waals surface area contributed by atoms with Gasteiger partial charge in [-0.15, -0.1) is 0 Å². The molecule has 4 rings (SSSR count). The third-order valence-electron chi connectivity index (χ3n) is 9.30. The maximum atomic E-state index is 13.1. The van der Waals surface area contributed by atoms with Crippen LogP contribution in [0.25, 0.3) is 0 Å². The predicted molar refractivity (Wildman–Crippen MR) is 207 cm³/mol. The van der Waals surface area contributed by atoms with Gasteiger partial charge in [0, 0.05) is 11.8 Å². The standard InChI is InChI=1S/C46H52O6/c1-8-41(51-45(47)39-26-18-12-19-27-39)33(4)43(49-35(6)37-22-14-10-15-23-37)30-32(3)31-44(50-36(7)38-24-16-11-17-25-38)34(5)42(9-2)52-46(48)40-28-20-13-21-29-40/h8-29,33-36,43-44H,3,30-31H2,1-2,4-7H3/b41-8-,42-9+/t33-,34-,35+,36+,43+,44+/m1/s1. The lowest BCUT2D eigenvalue weighted by Gasteiger charge is -2.32. The summed E-state index contributed by atoms with van der Waals surface area (Å²) in [7, 11) is 0. The summed E-state index contributed by atoms with van der Waals surface area (Å²) in [6, 6.07) is 38.0. The molecular formula is C46H52O6. The molecule has 6 nitrogen and oxygen atoms in total. The molecule has 0 unspecified atom stereocenters. The Labute approximate surface area is 309 Å². The maximum absolute atomic E-state index is 13.1. The zero-order valence-corrected chi connectivity index (χ0v) is 31.2. The first-order valence-corrected chi connectivity index (χ1v) is 18.1. The van der Waals surface area contributed by atoms with Crippen molar-refractivity contribution in [3.63, 3.8) is 0 Å². The fraction of sp³-hybridized carbons (Fsp3) is 0.304. The van der Waals surface area contributed by atoms with Crippen LogP contribution in [-0.4, -0.2) is 24.1 Å². The Hall–Kier alpha value is -5.04. The number of hydrogen-bond donors (Lipinski definition) is 0. The number of rotatable bonds is 18. The molecule has 4 aromatic carbocycles. The molecule has 0 amide bonds. The molecule has 0 saturated heterocycles. The summed E-state index contributed by atoms with van der Waals surface area (Å²) in [5, 5.41) is 0. The topological polar surface area (TPSA) is 71.1 Å². The summed E-state index contributed by atoms with van der Waals surface area (Å²) < 4.78 is 25.5. The van der Waals surface area contributed by atoms with Crippen molar-refractivity contribution >= 4 is 11.9 Å². The molecule has 6 heteroatoms. The average molecular weight is 701 g/mol. The van der Waals surface area contributed by atoms with Crippen LogP contribution < -0.4 is 0 Å². The minimum absolute atomic E-state index is 0.236. The van der Waals surface area contributed by atoms with Gasteiger partial charge in [0.25, 0.3) is 0 Å². The fourth-order valence-corrected chi connectivity index (χ4v) is 6.14. The van der Waals surface area contributed by atoms with Gasteiger partial charge >= 0.3 is 11.9 Å². The molecule has 52 heavy (non-hydrogen) atoms. The van der Waals surface area contributed by atoms with E-state index < -0.39 is 24.1 Å². The van der Waals surface area contributed by atoms with E-state index in [2.05, 4.69) is 6.58 Å². The first kappa shape index (κ1) is 39.7. The van der Waals surface area contributed by atoms with Gasteiger partial charge in [0.2, 0.25) is 0 Å². The van der Waals surface area contributed by atoms with Crippen LogP contribution in [0.1, 0.15) is 98.4 Å². The second-order valence-electron chi connectivity index (χ2n) is 13.1. The second-order valence-corrected chi connectivity index (χ2v) is 13.1. The normalized spacial score (nSPS) is 15.4. The fourth-order valence-electron chi connectivity index (χ4n) is 6.14. The summed E-state index contributed by atoms with van der Waals surface area (Å²) >= 11 is 0. The summed E-state index contributed by atoms with van der Waals surface area (Å²) in [5.74, 6) is -0.382. The zero-order chi connectivity index (χ0) is 37.5. The van der Waals surface area contributed by atoms with Crippen molar-refractivity contribution in [2.45, 2.75) is 78.8 Å². The van der Waals surface area contributed by atoms with Crippen LogP contribution in [0.2, 0.25) is 0 Å². The smallest absolute Gasteiger partial charge is 0.343 e. The van der Waals surface area contributed by atoms with Crippen LogP contribution in [-0.2, 0) is 18.9 Å². The van der Waals surface area contributed by atoms with Crippen molar-refractivity contribution in [3.05, 3.63) is 179 Å². The molecule has 0 aliphatic heterocycles. The molecular weight excluding hydrogens is 649 g/mol. The van der Waals surface area contributed by atoms with Gasteiger partial charge in [0.1, 0.15) is 11.5 Å². The molecule has 0 aliphatic carbocycles. The number of hydrogen-bond acceptors (Lipinski definition) is 6. The van der Waals surface area contributed by atoms with E-state index in [1.165, 1.54) is 0 Å². The highest BCUT2D eigenvalue weighted by atomic mass is 16.5. The van der Waals surface area contributed by atoms with Gasteiger partial charge in [-0.1, -0.05) is 123 Å². The maximum Gasteiger partial charge on any atom is 0.343 e. The Balaban J connectivity index is 1.58. The van der Waals surface area contributed by atoms with Crippen LogP contribution in [0.3, 0.4) is 0 Å². The van der Waals surface area contributed by atoms with Gasteiger partial charge in [-0.25, -0.2) is 9.59 Å². The van der Waals surface area contributed by atoms with Gasteiger partial charge in [-0.2, -0.15) is 0 Å². The second kappa shape index (κ2) is 20.1. The lowest BCUT2D eigenvalue weighted by molar-refractivity contribution is -0.0431. The van der Waals surface area contributed by atoms with Crippen LogP contribution >= 0.6 is 0 Å². The summed E-state index contributed by atoms with van der Waals surface area (Å²) in [4.78, 5) is 26.3. The molecule has 0 bridgehead atoms. The SMILES string of the molecule is C=C(C[C@H](O[C@@H](C)c1ccccc1)[C@H](C)/C(=C/C)OC(=O)c1ccccc1)C[C@H](O[C@@H](C)c1ccccc1)[C@H](C)/C(=C\C)OC(=O)c1ccccc1. The minimum Gasteiger partial charge on any atom is -0.427 e. The van der Waals surface area contributed by atoms with Crippen molar-refractivity contribution < 1.29 is 28.5 Å². The number of esters is 2. The molecule has 0 radical (unpaired) electrons. The lowest BCUT2D eigenvalue weighted by atomic mass is 9.89. The van der Waals surface area contributed by atoms with Crippen LogP contribution in [0.5, 0.6) is 0 Å². The van der Waals surface area contributed by atoms with Crippen molar-refractivity contribution in [2.75, 3.05) is 0 Å². The monoisotopic (exact) mass is 700 g/mol. The average Bonchev–Trinajstić information content (AvgIpc) is 3.19. The van der Waals surface area contributed by atoms with Crippen LogP contribution in [0.15, 0.2) is 157 Å². The van der Waals surface area contributed by atoms with E-state index in [0.29, 0.717) is 35.5 Å². The van der Waals surface area contributed by atoms with E-state index in [4.69, 9.17) is 18.9 Å². The molecule has 272 valence electrons. The van der Waals surface area contributed by atoms with Gasteiger partial charge in [-0.05, 0) is 88.1 Å². The highest BCUT2D eigenvalue weighted by Crippen LogP contribution is 2.34. The summed E-state index contributed by atoms with van der Waals surface area (Å²) in [6.45, 7) is 16.3. The molecule has 6 atom stereocenters. The van der Waals surface area contributed by atoms with Gasteiger partial charge in [0.15, 0.2) is 0 Å². The number of ether oxygens (including phenoxy) is 4. The highest BCUT2D eigenvalue weighted by Gasteiger charge is 2.31. The molecule has 0 N–H and O–H groups in total. The van der Waals surface area contributed by atoms with Gasteiger partial charge in [-0.3, -0.25) is 0 Å². The van der Waals surface area contributed by atoms with E-state index in [9.17, 15) is 9.59 Å². The molecule has 0 aliphatic rings. The first-order chi connectivity index (χ1) is 25.1. The molecule has 4 aromatic rings. The largest absolute Gasteiger partial charge is 0.427 e. The summed E-state index contributed by atoms with van der Waals surface area (Å²) in [6.07, 6.45) is 3.34. The number of carbonyl (C=O) groups is 2. The zero-order valence-electron chi connectivity index (χ0n) is 31.2. The first-order valence-electron chi connectivity index (χ1n) is 18.1. The molecule has 0 aromatic heterocycles. The van der Waals surface area contributed by atoms with Crippen molar-refractivity contribution in [1.29, 1.82) is 0 Å². The Kier molecular flexibility index (Phi) is 15.4. The Bertz CT molecular complexity index is 1630. The van der Waals surface area contributed by atoms with E-state index in [1.807, 2.05) is 151 Å². The molecule has 0 heterocycles. The van der Waals surface area contributed by atoms with Crippen LogP contribution in [0, 0.1) is 11.8 Å². The lowest BCUT2D eigenvalue weighted by Crippen LogP contribution is -2.30. The minimum atomic E-state index is -0.421. The Morgan fingerprint density at radius 3 is 1.15 bits per heavy atom. The predicted octanol–water partition coefficient (Wildman–Crippen LogP) is 11.4. The molecule has 0 spiro atoms. The quantitative estimate of drug-likeness (QED) is 0.0584. The highest BCUT2D eigenvalue weighted by molar-refractivity contribution is 5.90. The van der Waals surface area contributed by atoms with E-state index in [-0.39, 0.29) is 24.0 Å². The molecule has 0 saturated carbocycles. The van der Waals surface area contributed by atoms with E-state index >= 15 is 0 Å². The number of benzene rings is 4.